The number of hydrogen-bond donors (Lipinski definition) is 1. The fourth-order valence-electron chi connectivity index (χ4n) is 2.33. The Bertz CT molecular complexity index is 622. The minimum absolute atomic E-state index is 0.0874. The van der Waals surface area contributed by atoms with Gasteiger partial charge >= 0.3 is 0 Å². The number of aryl methyl sites for hydroxylation is 1. The zero-order valence-electron chi connectivity index (χ0n) is 11.1. The molecule has 3 rings (SSSR count). The standard InChI is InChI=1S/C14H15BrN4O/c1-19-8-17-18-13(19)7-16-14(20)12-6-11(12)9-2-4-10(15)5-3-9/h2-5,8,11-12H,6-7H2,1H3,(H,16,20)/t11-,12-/m0/s1. The zero-order chi connectivity index (χ0) is 14.1. The van der Waals surface area contributed by atoms with Crippen molar-refractivity contribution in [3.63, 3.8) is 0 Å². The van der Waals surface area contributed by atoms with Gasteiger partial charge in [0.25, 0.3) is 0 Å². The van der Waals surface area contributed by atoms with Crippen LogP contribution >= 0.6 is 15.9 Å². The van der Waals surface area contributed by atoms with E-state index in [1.807, 2.05) is 19.2 Å². The summed E-state index contributed by atoms with van der Waals surface area (Å²) in [4.78, 5) is 12.1. The number of hydrogen-bond acceptors (Lipinski definition) is 3. The average molecular weight is 335 g/mol. The van der Waals surface area contributed by atoms with E-state index in [9.17, 15) is 4.79 Å². The summed E-state index contributed by atoms with van der Waals surface area (Å²) in [6.07, 6.45) is 2.55. The fraction of sp³-hybridized carbons (Fsp3) is 0.357. The second kappa shape index (κ2) is 5.36. The van der Waals surface area contributed by atoms with E-state index in [0.29, 0.717) is 12.5 Å². The number of carbonyl (C=O) groups is 1. The first-order valence-electron chi connectivity index (χ1n) is 6.51. The Morgan fingerprint density at radius 2 is 2.20 bits per heavy atom. The molecular weight excluding hydrogens is 320 g/mol. The van der Waals surface area contributed by atoms with Crippen molar-refractivity contribution in [1.82, 2.24) is 20.1 Å². The summed E-state index contributed by atoms with van der Waals surface area (Å²) in [5, 5.41) is 10.7. The summed E-state index contributed by atoms with van der Waals surface area (Å²) >= 11 is 3.42. The maximum absolute atomic E-state index is 12.1. The first kappa shape index (κ1) is 13.3. The van der Waals surface area contributed by atoms with E-state index in [-0.39, 0.29) is 11.8 Å². The monoisotopic (exact) mass is 334 g/mol. The Hall–Kier alpha value is -1.69. The SMILES string of the molecule is Cn1cnnc1CNC(=O)[C@H]1C[C@H]1c1ccc(Br)cc1. The summed E-state index contributed by atoms with van der Waals surface area (Å²) in [6.45, 7) is 0.429. The summed E-state index contributed by atoms with van der Waals surface area (Å²) in [6, 6.07) is 8.18. The lowest BCUT2D eigenvalue weighted by Crippen LogP contribution is -2.26. The largest absolute Gasteiger partial charge is 0.349 e. The molecule has 0 unspecified atom stereocenters. The van der Waals surface area contributed by atoms with Gasteiger partial charge in [-0.25, -0.2) is 0 Å². The highest BCUT2D eigenvalue weighted by atomic mass is 79.9. The van der Waals surface area contributed by atoms with Crippen molar-refractivity contribution in [1.29, 1.82) is 0 Å². The molecule has 1 N–H and O–H groups in total. The van der Waals surface area contributed by atoms with Gasteiger partial charge in [0.05, 0.1) is 6.54 Å². The number of halogens is 1. The molecule has 1 amide bonds. The molecule has 1 heterocycles. The Morgan fingerprint density at radius 1 is 1.45 bits per heavy atom. The third-order valence-corrected chi connectivity index (χ3v) is 4.18. The van der Waals surface area contributed by atoms with Crippen molar-refractivity contribution in [2.24, 2.45) is 13.0 Å². The van der Waals surface area contributed by atoms with Crippen molar-refractivity contribution < 1.29 is 4.79 Å². The van der Waals surface area contributed by atoms with E-state index in [1.54, 1.807) is 10.9 Å². The molecule has 0 aliphatic heterocycles. The van der Waals surface area contributed by atoms with Gasteiger partial charge in [0.1, 0.15) is 6.33 Å². The van der Waals surface area contributed by atoms with Crippen molar-refractivity contribution in [3.8, 4) is 0 Å². The topological polar surface area (TPSA) is 59.8 Å². The Kier molecular flexibility index (Phi) is 3.56. The first-order valence-corrected chi connectivity index (χ1v) is 7.30. The number of nitrogens with one attached hydrogen (secondary N) is 1. The van der Waals surface area contributed by atoms with Crippen molar-refractivity contribution >= 4 is 21.8 Å². The summed E-state index contributed by atoms with van der Waals surface area (Å²) < 4.78 is 2.87. The molecule has 1 aromatic carbocycles. The van der Waals surface area contributed by atoms with Crippen LogP contribution in [0.1, 0.15) is 23.7 Å². The van der Waals surface area contributed by atoms with Crippen LogP contribution in [-0.4, -0.2) is 20.7 Å². The third kappa shape index (κ3) is 2.75. The van der Waals surface area contributed by atoms with Crippen LogP contribution in [0, 0.1) is 5.92 Å². The third-order valence-electron chi connectivity index (χ3n) is 3.65. The van der Waals surface area contributed by atoms with Gasteiger partial charge in [-0.1, -0.05) is 28.1 Å². The molecule has 0 saturated heterocycles. The number of rotatable bonds is 4. The maximum atomic E-state index is 12.1. The van der Waals surface area contributed by atoms with Crippen LogP contribution in [0.3, 0.4) is 0 Å². The molecule has 0 spiro atoms. The molecule has 0 bridgehead atoms. The molecule has 1 aliphatic rings. The van der Waals surface area contributed by atoms with Crippen molar-refractivity contribution in [2.45, 2.75) is 18.9 Å². The van der Waals surface area contributed by atoms with Crippen molar-refractivity contribution in [3.05, 3.63) is 46.5 Å². The van der Waals surface area contributed by atoms with Gasteiger partial charge in [0.2, 0.25) is 5.91 Å². The Morgan fingerprint density at radius 3 is 2.85 bits per heavy atom. The number of benzene rings is 1. The number of amides is 1. The van der Waals surface area contributed by atoms with E-state index >= 15 is 0 Å². The predicted octanol–water partition coefficient (Wildman–Crippen LogP) is 2.00. The smallest absolute Gasteiger partial charge is 0.224 e. The molecule has 1 aromatic heterocycles. The lowest BCUT2D eigenvalue weighted by molar-refractivity contribution is -0.122. The minimum atomic E-state index is 0.0874. The molecule has 2 aromatic rings. The van der Waals surface area contributed by atoms with E-state index < -0.39 is 0 Å². The molecular formula is C14H15BrN4O. The molecule has 6 heteroatoms. The summed E-state index contributed by atoms with van der Waals surface area (Å²) in [7, 11) is 1.86. The van der Waals surface area contributed by atoms with Crippen LogP contribution in [0.25, 0.3) is 0 Å². The van der Waals surface area contributed by atoms with E-state index in [0.717, 1.165) is 16.7 Å². The highest BCUT2D eigenvalue weighted by Gasteiger charge is 2.43. The molecule has 20 heavy (non-hydrogen) atoms. The van der Waals surface area contributed by atoms with Gasteiger partial charge in [-0.15, -0.1) is 10.2 Å². The van der Waals surface area contributed by atoms with Crippen molar-refractivity contribution in [2.75, 3.05) is 0 Å². The predicted molar refractivity (Wildman–Crippen MR) is 77.8 cm³/mol. The number of carbonyl (C=O) groups excluding carboxylic acids is 1. The van der Waals surface area contributed by atoms with Gasteiger partial charge in [-0.05, 0) is 30.0 Å². The molecule has 1 saturated carbocycles. The Labute approximate surface area is 125 Å². The summed E-state index contributed by atoms with van der Waals surface area (Å²) in [5.41, 5.74) is 1.23. The lowest BCUT2D eigenvalue weighted by Gasteiger charge is -2.04. The van der Waals surface area contributed by atoms with E-state index in [4.69, 9.17) is 0 Å². The molecule has 5 nitrogen and oxygen atoms in total. The van der Waals surface area contributed by atoms with Crippen LogP contribution in [0.2, 0.25) is 0 Å². The minimum Gasteiger partial charge on any atom is -0.349 e. The molecule has 0 radical (unpaired) electrons. The number of nitrogens with zero attached hydrogens (tertiary/aromatic N) is 3. The lowest BCUT2D eigenvalue weighted by atomic mass is 10.1. The zero-order valence-corrected chi connectivity index (χ0v) is 12.7. The van der Waals surface area contributed by atoms with Crippen LogP contribution in [0.5, 0.6) is 0 Å². The van der Waals surface area contributed by atoms with E-state index in [1.165, 1.54) is 5.56 Å². The molecule has 1 aliphatic carbocycles. The van der Waals surface area contributed by atoms with Gasteiger partial charge in [0.15, 0.2) is 5.82 Å². The van der Waals surface area contributed by atoms with Crippen LogP contribution in [-0.2, 0) is 18.4 Å². The van der Waals surface area contributed by atoms with Gasteiger partial charge in [0, 0.05) is 17.4 Å². The second-order valence-electron chi connectivity index (χ2n) is 5.08. The highest BCUT2D eigenvalue weighted by Crippen LogP contribution is 2.47. The highest BCUT2D eigenvalue weighted by molar-refractivity contribution is 9.10. The second-order valence-corrected chi connectivity index (χ2v) is 5.99. The van der Waals surface area contributed by atoms with Gasteiger partial charge in [-0.3, -0.25) is 4.79 Å². The normalized spacial score (nSPS) is 20.7. The van der Waals surface area contributed by atoms with Crippen LogP contribution < -0.4 is 5.32 Å². The summed E-state index contributed by atoms with van der Waals surface area (Å²) in [5.74, 6) is 1.30. The van der Waals surface area contributed by atoms with Crippen LogP contribution in [0.4, 0.5) is 0 Å². The first-order chi connectivity index (χ1) is 9.65. The fourth-order valence-corrected chi connectivity index (χ4v) is 2.59. The molecule has 1 fully saturated rings. The quantitative estimate of drug-likeness (QED) is 0.930. The van der Waals surface area contributed by atoms with Gasteiger partial charge < -0.3 is 9.88 Å². The molecule has 104 valence electrons. The average Bonchev–Trinajstić information content (AvgIpc) is 3.14. The van der Waals surface area contributed by atoms with Crippen LogP contribution in [0.15, 0.2) is 35.1 Å². The molecule has 2 atom stereocenters. The Balaban J connectivity index is 1.55. The van der Waals surface area contributed by atoms with Gasteiger partial charge in [-0.2, -0.15) is 0 Å². The number of aromatic nitrogens is 3. The maximum Gasteiger partial charge on any atom is 0.224 e. The van der Waals surface area contributed by atoms with E-state index in [2.05, 4.69) is 43.6 Å².